The first-order valence-electron chi connectivity index (χ1n) is 9.76. The number of ether oxygens (including phenoxy) is 1. The van der Waals surface area contributed by atoms with Gasteiger partial charge < -0.3 is 10.1 Å². The van der Waals surface area contributed by atoms with Gasteiger partial charge in [0.15, 0.2) is 6.61 Å². The van der Waals surface area contributed by atoms with Crippen LogP contribution in [0.5, 0.6) is 5.75 Å². The van der Waals surface area contributed by atoms with Crippen molar-refractivity contribution in [1.29, 1.82) is 0 Å². The van der Waals surface area contributed by atoms with Crippen molar-refractivity contribution in [2.24, 2.45) is 5.10 Å². The third-order valence-electron chi connectivity index (χ3n) is 5.29. The van der Waals surface area contributed by atoms with E-state index in [2.05, 4.69) is 58.9 Å². The summed E-state index contributed by atoms with van der Waals surface area (Å²) in [6, 6.07) is 26.7. The minimum absolute atomic E-state index is 0.0603. The zero-order chi connectivity index (χ0) is 19.6. The summed E-state index contributed by atoms with van der Waals surface area (Å²) in [7, 11) is 0. The Balaban J connectivity index is 1.50. The van der Waals surface area contributed by atoms with Gasteiger partial charge in [0.25, 0.3) is 5.91 Å². The number of anilines is 1. The normalized spacial score (nSPS) is 17.9. The van der Waals surface area contributed by atoms with Gasteiger partial charge in [0, 0.05) is 18.0 Å². The number of rotatable bonds is 4. The van der Waals surface area contributed by atoms with Crippen LogP contribution in [0.25, 0.3) is 0 Å². The summed E-state index contributed by atoms with van der Waals surface area (Å²) in [5, 5.41) is 9.99. The van der Waals surface area contributed by atoms with Crippen LogP contribution in [0.15, 0.2) is 84.0 Å². The largest absolute Gasteiger partial charge is 0.482 e. The van der Waals surface area contributed by atoms with Gasteiger partial charge in [0.1, 0.15) is 5.75 Å². The molecule has 0 spiro atoms. The van der Waals surface area contributed by atoms with Gasteiger partial charge in [0.05, 0.1) is 17.9 Å². The van der Waals surface area contributed by atoms with Gasteiger partial charge in [-0.05, 0) is 29.3 Å². The number of nitrogens with zero attached hydrogens (tertiary/aromatic N) is 2. The minimum Gasteiger partial charge on any atom is -0.482 e. The number of hydrogen-bond acceptors (Lipinski definition) is 4. The van der Waals surface area contributed by atoms with Gasteiger partial charge >= 0.3 is 0 Å². The van der Waals surface area contributed by atoms with E-state index in [4.69, 9.17) is 9.84 Å². The monoisotopic (exact) mass is 383 g/mol. The number of fused-ring (bicyclic) bond motifs is 1. The van der Waals surface area contributed by atoms with Crippen LogP contribution in [0.3, 0.4) is 0 Å². The first kappa shape index (κ1) is 17.5. The molecule has 0 radical (unpaired) electrons. The molecular weight excluding hydrogens is 362 g/mol. The van der Waals surface area contributed by atoms with E-state index in [0.29, 0.717) is 11.4 Å². The molecule has 1 amide bonds. The minimum atomic E-state index is -0.131. The highest BCUT2D eigenvalue weighted by molar-refractivity contribution is 6.08. The van der Waals surface area contributed by atoms with Crippen molar-refractivity contribution in [3.05, 3.63) is 95.6 Å². The molecule has 2 aliphatic heterocycles. The predicted octanol–water partition coefficient (Wildman–Crippen LogP) is 4.02. The number of carbonyl (C=O) groups excluding carboxylic acids is 1. The number of nitrogens with one attached hydrogen (secondary N) is 1. The van der Waals surface area contributed by atoms with Crippen molar-refractivity contribution in [2.75, 3.05) is 18.5 Å². The second-order valence-corrected chi connectivity index (χ2v) is 7.33. The fourth-order valence-corrected chi connectivity index (χ4v) is 3.90. The number of hydrogen-bond donors (Lipinski definition) is 1. The van der Waals surface area contributed by atoms with Crippen LogP contribution in [0.2, 0.25) is 0 Å². The molecule has 3 aromatic rings. The van der Waals surface area contributed by atoms with Crippen LogP contribution in [-0.4, -0.2) is 29.8 Å². The smallest absolute Gasteiger partial charge is 0.262 e. The molecule has 0 aliphatic carbocycles. The van der Waals surface area contributed by atoms with Gasteiger partial charge in [-0.3, -0.25) is 9.80 Å². The summed E-state index contributed by atoms with van der Waals surface area (Å²) in [5.74, 6) is 0.732. The Morgan fingerprint density at radius 3 is 2.55 bits per heavy atom. The number of hydrazone groups is 1. The number of benzene rings is 3. The molecule has 2 aliphatic rings. The molecule has 5 rings (SSSR count). The molecule has 5 heteroatoms. The average molecular weight is 383 g/mol. The fraction of sp³-hybridized carbons (Fsp3) is 0.167. The van der Waals surface area contributed by atoms with E-state index in [1.165, 1.54) is 11.1 Å². The van der Waals surface area contributed by atoms with Crippen LogP contribution in [0.4, 0.5) is 5.69 Å². The van der Waals surface area contributed by atoms with E-state index in [1.54, 1.807) is 0 Å². The molecule has 29 heavy (non-hydrogen) atoms. The molecule has 1 unspecified atom stereocenters. The molecule has 3 aromatic carbocycles. The van der Waals surface area contributed by atoms with Gasteiger partial charge in [-0.15, -0.1) is 0 Å². The molecule has 0 fully saturated rings. The molecule has 5 nitrogen and oxygen atoms in total. The lowest BCUT2D eigenvalue weighted by atomic mass is 9.90. The summed E-state index contributed by atoms with van der Waals surface area (Å²) < 4.78 is 5.50. The lowest BCUT2D eigenvalue weighted by Gasteiger charge is -2.19. The second-order valence-electron chi connectivity index (χ2n) is 7.33. The lowest BCUT2D eigenvalue weighted by Crippen LogP contribution is -2.25. The third-order valence-corrected chi connectivity index (χ3v) is 5.29. The van der Waals surface area contributed by atoms with Crippen molar-refractivity contribution < 1.29 is 9.53 Å². The van der Waals surface area contributed by atoms with Crippen LogP contribution < -0.4 is 10.1 Å². The van der Waals surface area contributed by atoms with E-state index in [0.717, 1.165) is 24.4 Å². The number of carbonyl (C=O) groups is 1. The first-order chi connectivity index (χ1) is 14.3. The Labute approximate surface area is 169 Å². The van der Waals surface area contributed by atoms with E-state index >= 15 is 0 Å². The van der Waals surface area contributed by atoms with E-state index in [1.807, 2.05) is 30.3 Å². The third kappa shape index (κ3) is 3.59. The van der Waals surface area contributed by atoms with E-state index < -0.39 is 0 Å². The summed E-state index contributed by atoms with van der Waals surface area (Å²) >= 11 is 0. The molecule has 2 heterocycles. The molecule has 144 valence electrons. The highest BCUT2D eigenvalue weighted by Crippen LogP contribution is 2.34. The predicted molar refractivity (Wildman–Crippen MR) is 113 cm³/mol. The Hall–Kier alpha value is -3.60. The molecule has 0 saturated carbocycles. The quantitative estimate of drug-likeness (QED) is 0.740. The standard InChI is InChI=1S/C24H21N3O2/c28-23-16-29-22-12-11-19(13-21(22)25-23)24-20(18-9-5-2-6-10-18)15-27(26-24)14-17-7-3-1-4-8-17/h1-13,20H,14-16H2,(H,25,28). The van der Waals surface area contributed by atoms with Crippen molar-refractivity contribution in [3.8, 4) is 5.75 Å². The molecule has 1 N–H and O–H groups in total. The summed E-state index contributed by atoms with van der Waals surface area (Å²) in [5.41, 5.74) is 5.18. The topological polar surface area (TPSA) is 53.9 Å². The molecule has 0 saturated heterocycles. The Bertz CT molecular complexity index is 1060. The van der Waals surface area contributed by atoms with Gasteiger partial charge in [-0.25, -0.2) is 0 Å². The molecule has 1 atom stereocenters. The molecular formula is C24H21N3O2. The number of amides is 1. The molecule has 0 aromatic heterocycles. The maximum Gasteiger partial charge on any atom is 0.262 e. The summed E-state index contributed by atoms with van der Waals surface area (Å²) in [6.45, 7) is 1.64. The second kappa shape index (κ2) is 7.43. The van der Waals surface area contributed by atoms with Crippen LogP contribution in [0.1, 0.15) is 22.6 Å². The van der Waals surface area contributed by atoms with E-state index in [9.17, 15) is 4.79 Å². The zero-order valence-corrected chi connectivity index (χ0v) is 15.9. The van der Waals surface area contributed by atoms with Gasteiger partial charge in [0.2, 0.25) is 0 Å². The SMILES string of the molecule is O=C1COc2ccc(C3=NN(Cc4ccccc4)CC3c3ccccc3)cc2N1. The Kier molecular flexibility index (Phi) is 4.48. The van der Waals surface area contributed by atoms with Crippen molar-refractivity contribution in [1.82, 2.24) is 5.01 Å². The van der Waals surface area contributed by atoms with E-state index in [-0.39, 0.29) is 18.4 Å². The summed E-state index contributed by atoms with van der Waals surface area (Å²) in [4.78, 5) is 11.7. The average Bonchev–Trinajstić information content (AvgIpc) is 3.18. The van der Waals surface area contributed by atoms with Gasteiger partial charge in [-0.2, -0.15) is 5.10 Å². The zero-order valence-electron chi connectivity index (χ0n) is 15.9. The maximum absolute atomic E-state index is 11.7. The molecule has 0 bridgehead atoms. The first-order valence-corrected chi connectivity index (χ1v) is 9.76. The van der Waals surface area contributed by atoms with Crippen LogP contribution >= 0.6 is 0 Å². The highest BCUT2D eigenvalue weighted by atomic mass is 16.5. The fourth-order valence-electron chi connectivity index (χ4n) is 3.90. The highest BCUT2D eigenvalue weighted by Gasteiger charge is 2.30. The Morgan fingerprint density at radius 1 is 1.00 bits per heavy atom. The van der Waals surface area contributed by atoms with Crippen molar-refractivity contribution in [3.63, 3.8) is 0 Å². The summed E-state index contributed by atoms with van der Waals surface area (Å²) in [6.07, 6.45) is 0. The van der Waals surface area contributed by atoms with Crippen LogP contribution in [0, 0.1) is 0 Å². The lowest BCUT2D eigenvalue weighted by molar-refractivity contribution is -0.118. The van der Waals surface area contributed by atoms with Gasteiger partial charge in [-0.1, -0.05) is 60.7 Å². The van der Waals surface area contributed by atoms with Crippen molar-refractivity contribution in [2.45, 2.75) is 12.5 Å². The van der Waals surface area contributed by atoms with Crippen LogP contribution in [-0.2, 0) is 11.3 Å². The maximum atomic E-state index is 11.7. The Morgan fingerprint density at radius 2 is 1.76 bits per heavy atom. The van der Waals surface area contributed by atoms with Crippen molar-refractivity contribution >= 4 is 17.3 Å².